The summed E-state index contributed by atoms with van der Waals surface area (Å²) in [4.78, 5) is 66.3. The van der Waals surface area contributed by atoms with Crippen LogP contribution in [0, 0.1) is 0 Å². The average molecular weight is 950 g/mol. The van der Waals surface area contributed by atoms with Crippen molar-refractivity contribution >= 4 is 29.2 Å². The molecule has 1 aliphatic heterocycles. The number of carbonyl (C=O) groups excluding carboxylic acids is 5. The number of benzene rings is 2. The van der Waals surface area contributed by atoms with Crippen LogP contribution in [0.1, 0.15) is 127 Å². The number of esters is 1. The number of amides is 1. The molecule has 17 heteroatoms. The molecule has 1 saturated heterocycles. The van der Waals surface area contributed by atoms with Crippen LogP contribution in [0.25, 0.3) is 0 Å². The highest BCUT2D eigenvalue weighted by atomic mass is 19.4. The molecule has 14 nitrogen and oxygen atoms in total. The Morgan fingerprint density at radius 2 is 1.43 bits per heavy atom. The molecule has 1 fully saturated rings. The summed E-state index contributed by atoms with van der Waals surface area (Å²) in [6.07, 6.45) is 16.3. The third kappa shape index (κ3) is 13.1. The zero-order valence-corrected chi connectivity index (χ0v) is 38.1. The van der Waals surface area contributed by atoms with Gasteiger partial charge >= 0.3 is 18.1 Å². The van der Waals surface area contributed by atoms with Crippen LogP contribution in [0.5, 0.6) is 17.2 Å². The molecule has 3 aliphatic rings. The first-order chi connectivity index (χ1) is 32.4. The van der Waals surface area contributed by atoms with E-state index in [1.807, 2.05) is 18.2 Å². The summed E-state index contributed by atoms with van der Waals surface area (Å²) >= 11 is 0. The highest BCUT2D eigenvalue weighted by Gasteiger charge is 2.51. The van der Waals surface area contributed by atoms with Gasteiger partial charge in [-0.1, -0.05) is 92.0 Å². The van der Waals surface area contributed by atoms with Crippen molar-refractivity contribution in [3.8, 4) is 17.2 Å². The van der Waals surface area contributed by atoms with Crippen molar-refractivity contribution in [2.45, 2.75) is 127 Å². The van der Waals surface area contributed by atoms with Gasteiger partial charge in [-0.15, -0.1) is 0 Å². The van der Waals surface area contributed by atoms with Crippen LogP contribution in [-0.4, -0.2) is 99.7 Å². The van der Waals surface area contributed by atoms with Crippen molar-refractivity contribution in [1.82, 2.24) is 5.32 Å². The van der Waals surface area contributed by atoms with Crippen LogP contribution in [0.2, 0.25) is 0 Å². The summed E-state index contributed by atoms with van der Waals surface area (Å²) in [7, 11) is 1.26. The fourth-order valence-corrected chi connectivity index (χ4v) is 8.16. The molecule has 2 aliphatic carbocycles. The molecule has 2 aromatic carbocycles. The fourth-order valence-electron chi connectivity index (χ4n) is 8.16. The number of allylic oxidation sites excluding steroid dienone is 12. The number of fused-ring (bicyclic) bond motifs is 3. The standard InChI is InChI=1S/C51H58F3NO13/c1-4-5-6-7-8-9-10-11-12-13-14-15-16-17-18-19-20-21-22-26-38(57)66-30-37(56)50(64)28-33-41(36(29-50)68-39-27-34(44(58)31(2)67-39)55-49(63)51(52,53)54)48(62)43-42(46(33)60)45(59)32-24-23-25-35(65-3)40(32)47(43)61/h5-6,8-9,11-12,14-15,17-18,20-21,23-25,31,34,36,39,44,58,60,62,64H,4,7,10,13,16,19,22,26-30H2,1-3H3,(H,55,63)/b6-5-,9-8-,12-11-,15-14-,18-17-,21-20-/t31-,34-,36-,39-,44+,50-/m0/s1. The minimum absolute atomic E-state index is 0.0158. The average Bonchev–Trinajstić information content (AvgIpc) is 3.30. The van der Waals surface area contributed by atoms with Crippen molar-refractivity contribution < 1.29 is 76.5 Å². The third-order valence-corrected chi connectivity index (χ3v) is 11.7. The molecule has 0 aromatic heterocycles. The van der Waals surface area contributed by atoms with Crippen LogP contribution in [-0.2, 0) is 35.0 Å². The second-order valence-corrected chi connectivity index (χ2v) is 16.5. The Hall–Kier alpha value is -6.14. The summed E-state index contributed by atoms with van der Waals surface area (Å²) in [6.45, 7) is 2.45. The molecule has 68 heavy (non-hydrogen) atoms. The van der Waals surface area contributed by atoms with Gasteiger partial charge in [-0.25, -0.2) is 0 Å². The summed E-state index contributed by atoms with van der Waals surface area (Å²) in [5.41, 5.74) is -4.95. The van der Waals surface area contributed by atoms with Gasteiger partial charge in [-0.05, 0) is 57.9 Å². The summed E-state index contributed by atoms with van der Waals surface area (Å²) in [6, 6.07) is 2.57. The van der Waals surface area contributed by atoms with Gasteiger partial charge in [0.15, 0.2) is 18.7 Å². The lowest BCUT2D eigenvalue weighted by Gasteiger charge is -2.43. The van der Waals surface area contributed by atoms with E-state index in [0.717, 1.165) is 32.1 Å². The Kier molecular flexibility index (Phi) is 18.8. The van der Waals surface area contributed by atoms with E-state index in [0.29, 0.717) is 6.42 Å². The molecule has 2 aromatic rings. The van der Waals surface area contributed by atoms with E-state index in [-0.39, 0.29) is 35.3 Å². The number of alkyl halides is 3. The number of methoxy groups -OCH3 is 1. The predicted octanol–water partition coefficient (Wildman–Crippen LogP) is 7.75. The van der Waals surface area contributed by atoms with E-state index < -0.39 is 126 Å². The van der Waals surface area contributed by atoms with E-state index in [1.54, 1.807) is 11.4 Å². The van der Waals surface area contributed by atoms with Crippen LogP contribution >= 0.6 is 0 Å². The molecule has 1 amide bonds. The molecule has 5 N–H and O–H groups in total. The van der Waals surface area contributed by atoms with Crippen molar-refractivity contribution in [2.75, 3.05) is 13.7 Å². The van der Waals surface area contributed by atoms with Gasteiger partial charge in [0.1, 0.15) is 29.0 Å². The maximum Gasteiger partial charge on any atom is 0.471 e. The molecule has 0 bridgehead atoms. The first kappa shape index (κ1) is 52.8. The monoisotopic (exact) mass is 949 g/mol. The van der Waals surface area contributed by atoms with Crippen LogP contribution in [0.15, 0.2) is 91.1 Å². The second kappa shape index (κ2) is 24.2. The Balaban J connectivity index is 1.25. The lowest BCUT2D eigenvalue weighted by atomic mass is 9.72. The number of ketones is 3. The highest BCUT2D eigenvalue weighted by Crippen LogP contribution is 2.52. The van der Waals surface area contributed by atoms with Gasteiger partial charge in [-0.3, -0.25) is 24.0 Å². The Morgan fingerprint density at radius 3 is 2.00 bits per heavy atom. The number of halogens is 3. The van der Waals surface area contributed by atoms with Crippen molar-refractivity contribution in [3.63, 3.8) is 0 Å². The molecular formula is C51H58F3NO13. The number of aliphatic hydroxyl groups excluding tert-OH is 1. The summed E-state index contributed by atoms with van der Waals surface area (Å²) < 4.78 is 61.9. The van der Waals surface area contributed by atoms with Crippen LogP contribution in [0.4, 0.5) is 13.2 Å². The molecule has 0 spiro atoms. The zero-order valence-electron chi connectivity index (χ0n) is 38.1. The highest BCUT2D eigenvalue weighted by molar-refractivity contribution is 6.31. The van der Waals surface area contributed by atoms with Gasteiger partial charge in [-0.2, -0.15) is 13.2 Å². The smallest absolute Gasteiger partial charge is 0.471 e. The number of aromatic hydroxyl groups is 2. The van der Waals surface area contributed by atoms with Crippen molar-refractivity contribution in [1.29, 1.82) is 0 Å². The van der Waals surface area contributed by atoms with Gasteiger partial charge < -0.3 is 44.7 Å². The number of phenolic OH excluding ortho intramolecular Hbond substituents is 2. The number of Topliss-reactive ketones (excluding diaryl/α,β-unsaturated/α-hetero) is 1. The fraction of sp³-hybridized carbons (Fsp3) is 0.431. The van der Waals surface area contributed by atoms with Gasteiger partial charge in [0, 0.05) is 42.4 Å². The molecule has 5 rings (SSSR count). The molecule has 1 heterocycles. The van der Waals surface area contributed by atoms with Gasteiger partial charge in [0.05, 0.1) is 42.0 Å². The SMILES string of the molecule is CC/C=C\C/C=C\C/C=C\C/C=C\C/C=C\C/C=C\CCC(=O)OCC(=O)[C@]1(O)Cc2c(O)c3c(c(O)c2[C@@H](O[C@H]2C[C@H](NC(=O)C(F)(F)F)[C@H](O)[C@H](C)O2)C1)C(=O)c1c(OC)cccc1C3=O. The Bertz CT molecular complexity index is 2360. The topological polar surface area (TPSA) is 215 Å². The summed E-state index contributed by atoms with van der Waals surface area (Å²) in [5.74, 6) is -7.77. The van der Waals surface area contributed by atoms with Gasteiger partial charge in [0.25, 0.3) is 0 Å². The van der Waals surface area contributed by atoms with E-state index in [9.17, 15) is 57.6 Å². The molecule has 0 radical (unpaired) electrons. The number of hydrogen-bond acceptors (Lipinski definition) is 13. The Morgan fingerprint density at radius 1 is 0.853 bits per heavy atom. The molecule has 6 atom stereocenters. The van der Waals surface area contributed by atoms with Crippen LogP contribution < -0.4 is 10.1 Å². The van der Waals surface area contributed by atoms with E-state index in [1.165, 1.54) is 32.2 Å². The van der Waals surface area contributed by atoms with Crippen molar-refractivity contribution in [3.05, 3.63) is 124 Å². The number of nitrogens with one attached hydrogen (secondary N) is 1. The third-order valence-electron chi connectivity index (χ3n) is 11.7. The van der Waals surface area contributed by atoms with E-state index >= 15 is 0 Å². The Labute approximate surface area is 392 Å². The second-order valence-electron chi connectivity index (χ2n) is 16.5. The summed E-state index contributed by atoms with van der Waals surface area (Å²) in [5, 5.41) is 47.9. The molecule has 366 valence electrons. The lowest BCUT2D eigenvalue weighted by Crippen LogP contribution is -2.57. The van der Waals surface area contributed by atoms with Crippen LogP contribution in [0.3, 0.4) is 0 Å². The lowest BCUT2D eigenvalue weighted by molar-refractivity contribution is -0.250. The number of ether oxygens (including phenoxy) is 4. The number of carbonyl (C=O) groups is 5. The number of rotatable bonds is 21. The normalized spacial score (nSPS) is 23.0. The molecular weight excluding hydrogens is 892 g/mol. The largest absolute Gasteiger partial charge is 0.507 e. The quantitative estimate of drug-likeness (QED) is 0.0393. The zero-order chi connectivity index (χ0) is 49.6. The minimum Gasteiger partial charge on any atom is -0.507 e. The molecule has 0 saturated carbocycles. The maximum absolute atomic E-state index is 14.0. The van der Waals surface area contributed by atoms with Gasteiger partial charge in [0.2, 0.25) is 11.6 Å². The first-order valence-electron chi connectivity index (χ1n) is 22.5. The maximum atomic E-state index is 14.0. The predicted molar refractivity (Wildman–Crippen MR) is 243 cm³/mol. The minimum atomic E-state index is -5.30. The number of hydrogen-bond donors (Lipinski definition) is 5. The van der Waals surface area contributed by atoms with E-state index in [4.69, 9.17) is 18.9 Å². The first-order valence-corrected chi connectivity index (χ1v) is 22.5. The number of phenols is 2. The molecule has 0 unspecified atom stereocenters. The number of aliphatic hydroxyl groups is 2. The van der Waals surface area contributed by atoms with E-state index in [2.05, 4.69) is 55.5 Å². The van der Waals surface area contributed by atoms with Crippen molar-refractivity contribution in [2.24, 2.45) is 0 Å².